The van der Waals surface area contributed by atoms with Gasteiger partial charge in [0.15, 0.2) is 0 Å². The highest BCUT2D eigenvalue weighted by Gasteiger charge is 2.15. The fraction of sp³-hybridized carbons (Fsp3) is 0.0625. The highest BCUT2D eigenvalue weighted by Crippen LogP contribution is 2.31. The summed E-state index contributed by atoms with van der Waals surface area (Å²) in [5.74, 6) is 0.705. The van der Waals surface area contributed by atoms with Gasteiger partial charge in [0.1, 0.15) is 11.3 Å². The van der Waals surface area contributed by atoms with Crippen LogP contribution in [0.4, 0.5) is 0 Å². The molecule has 4 heteroatoms. The third-order valence-corrected chi connectivity index (χ3v) is 3.84. The normalized spacial score (nSPS) is 12.2. The molecule has 0 saturated carbocycles. The lowest BCUT2D eigenvalue weighted by Crippen LogP contribution is -2.10. The van der Waals surface area contributed by atoms with Crippen LogP contribution >= 0.6 is 15.9 Å². The van der Waals surface area contributed by atoms with Gasteiger partial charge in [-0.3, -0.25) is 0 Å². The first kappa shape index (κ1) is 12.9. The number of fused-ring (bicyclic) bond motifs is 1. The van der Waals surface area contributed by atoms with Crippen molar-refractivity contribution in [1.29, 1.82) is 5.26 Å². The van der Waals surface area contributed by atoms with Gasteiger partial charge < -0.3 is 10.2 Å². The van der Waals surface area contributed by atoms with Crippen molar-refractivity contribution in [3.05, 3.63) is 69.9 Å². The number of hydrogen-bond acceptors (Lipinski definition) is 3. The lowest BCUT2D eigenvalue weighted by molar-refractivity contribution is 0.524. The number of furan rings is 1. The van der Waals surface area contributed by atoms with Crippen LogP contribution in [0.15, 0.2) is 57.4 Å². The van der Waals surface area contributed by atoms with Gasteiger partial charge in [0.2, 0.25) is 0 Å². The van der Waals surface area contributed by atoms with E-state index >= 15 is 0 Å². The zero-order valence-electron chi connectivity index (χ0n) is 10.5. The van der Waals surface area contributed by atoms with Crippen molar-refractivity contribution in [2.24, 2.45) is 5.73 Å². The Hall–Kier alpha value is -2.09. The quantitative estimate of drug-likeness (QED) is 0.770. The smallest absolute Gasteiger partial charge is 0.148 e. The van der Waals surface area contributed by atoms with Crippen LogP contribution in [0.3, 0.4) is 0 Å². The molecule has 0 spiro atoms. The molecule has 0 fully saturated rings. The first-order valence-electron chi connectivity index (χ1n) is 6.12. The Labute approximate surface area is 124 Å². The number of hydrogen-bond donors (Lipinski definition) is 1. The molecule has 2 N–H and O–H groups in total. The SMILES string of the molecule is N#Cc1ccc(C(N)c2cc3cccc(Br)c3o2)cc1. The first-order chi connectivity index (χ1) is 9.69. The molecule has 0 radical (unpaired) electrons. The van der Waals surface area contributed by atoms with Crippen LogP contribution in [0.2, 0.25) is 0 Å². The molecule has 0 saturated heterocycles. The van der Waals surface area contributed by atoms with Gasteiger partial charge in [-0.1, -0.05) is 24.3 Å². The third-order valence-electron chi connectivity index (χ3n) is 3.22. The topological polar surface area (TPSA) is 63.0 Å². The van der Waals surface area contributed by atoms with Gasteiger partial charge in [0.25, 0.3) is 0 Å². The van der Waals surface area contributed by atoms with E-state index in [1.165, 1.54) is 0 Å². The molecule has 1 unspecified atom stereocenters. The van der Waals surface area contributed by atoms with Gasteiger partial charge in [0, 0.05) is 5.39 Å². The molecule has 0 aliphatic heterocycles. The van der Waals surface area contributed by atoms with E-state index in [0.29, 0.717) is 11.3 Å². The van der Waals surface area contributed by atoms with Crippen LogP contribution in [-0.4, -0.2) is 0 Å². The monoisotopic (exact) mass is 326 g/mol. The molecule has 0 aliphatic rings. The van der Waals surface area contributed by atoms with E-state index in [1.807, 2.05) is 36.4 Å². The van der Waals surface area contributed by atoms with Crippen molar-refractivity contribution in [2.75, 3.05) is 0 Å². The number of nitrogens with two attached hydrogens (primary N) is 1. The van der Waals surface area contributed by atoms with Crippen LogP contribution < -0.4 is 5.73 Å². The predicted molar refractivity (Wildman–Crippen MR) is 81.1 cm³/mol. The fourth-order valence-corrected chi connectivity index (χ4v) is 2.59. The lowest BCUT2D eigenvalue weighted by atomic mass is 10.0. The van der Waals surface area contributed by atoms with E-state index in [1.54, 1.807) is 12.1 Å². The summed E-state index contributed by atoms with van der Waals surface area (Å²) in [6.07, 6.45) is 0. The largest absolute Gasteiger partial charge is 0.458 e. The van der Waals surface area contributed by atoms with Gasteiger partial charge in [0.05, 0.1) is 22.1 Å². The van der Waals surface area contributed by atoms with Gasteiger partial charge in [-0.15, -0.1) is 0 Å². The van der Waals surface area contributed by atoms with Crippen LogP contribution in [0, 0.1) is 11.3 Å². The first-order valence-corrected chi connectivity index (χ1v) is 6.92. The second-order valence-electron chi connectivity index (χ2n) is 4.52. The van der Waals surface area contributed by atoms with Gasteiger partial charge in [-0.2, -0.15) is 5.26 Å². The van der Waals surface area contributed by atoms with Crippen molar-refractivity contribution < 1.29 is 4.42 Å². The summed E-state index contributed by atoms with van der Waals surface area (Å²) >= 11 is 3.46. The minimum atomic E-state index is -0.345. The molecule has 0 bridgehead atoms. The van der Waals surface area contributed by atoms with E-state index in [2.05, 4.69) is 22.0 Å². The van der Waals surface area contributed by atoms with E-state index in [-0.39, 0.29) is 6.04 Å². The summed E-state index contributed by atoms with van der Waals surface area (Å²) in [5, 5.41) is 9.82. The summed E-state index contributed by atoms with van der Waals surface area (Å²) in [4.78, 5) is 0. The van der Waals surface area contributed by atoms with Crippen molar-refractivity contribution in [2.45, 2.75) is 6.04 Å². The zero-order valence-corrected chi connectivity index (χ0v) is 12.1. The van der Waals surface area contributed by atoms with Crippen molar-refractivity contribution in [1.82, 2.24) is 0 Å². The summed E-state index contributed by atoms with van der Waals surface area (Å²) in [7, 11) is 0. The van der Waals surface area contributed by atoms with Gasteiger partial charge >= 0.3 is 0 Å². The van der Waals surface area contributed by atoms with Crippen LogP contribution in [0.1, 0.15) is 22.9 Å². The summed E-state index contributed by atoms with van der Waals surface area (Å²) in [6.45, 7) is 0. The minimum Gasteiger partial charge on any atom is -0.458 e. The summed E-state index contributed by atoms with van der Waals surface area (Å²) < 4.78 is 6.75. The highest BCUT2D eigenvalue weighted by atomic mass is 79.9. The highest BCUT2D eigenvalue weighted by molar-refractivity contribution is 9.10. The molecule has 0 amide bonds. The van der Waals surface area contributed by atoms with Crippen LogP contribution in [0.25, 0.3) is 11.0 Å². The second kappa shape index (κ2) is 5.12. The second-order valence-corrected chi connectivity index (χ2v) is 5.37. The standard InChI is InChI=1S/C16H11BrN2O/c17-13-3-1-2-12-8-14(20-16(12)13)15(19)11-6-4-10(9-18)5-7-11/h1-8,15H,19H2. The third kappa shape index (κ3) is 2.22. The molecule has 0 aliphatic carbocycles. The maximum atomic E-state index is 8.80. The Morgan fingerprint density at radius 2 is 1.90 bits per heavy atom. The fourth-order valence-electron chi connectivity index (χ4n) is 2.13. The number of nitrogens with zero attached hydrogens (tertiary/aromatic N) is 1. The Morgan fingerprint density at radius 3 is 2.55 bits per heavy atom. The van der Waals surface area contributed by atoms with E-state index < -0.39 is 0 Å². The predicted octanol–water partition coefficient (Wildman–Crippen LogP) is 4.12. The van der Waals surface area contributed by atoms with E-state index in [9.17, 15) is 0 Å². The maximum absolute atomic E-state index is 8.80. The molecule has 1 aromatic heterocycles. The lowest BCUT2D eigenvalue weighted by Gasteiger charge is -2.08. The number of nitriles is 1. The maximum Gasteiger partial charge on any atom is 0.148 e. The molecule has 3 nitrogen and oxygen atoms in total. The Bertz CT molecular complexity index is 799. The average molecular weight is 327 g/mol. The average Bonchev–Trinajstić information content (AvgIpc) is 2.92. The molecule has 2 aromatic carbocycles. The molecule has 3 rings (SSSR count). The molecule has 1 heterocycles. The summed E-state index contributed by atoms with van der Waals surface area (Å²) in [6, 6.07) is 16.8. The molecule has 20 heavy (non-hydrogen) atoms. The zero-order chi connectivity index (χ0) is 14.1. The van der Waals surface area contributed by atoms with Gasteiger partial charge in [-0.25, -0.2) is 0 Å². The van der Waals surface area contributed by atoms with Crippen molar-refractivity contribution in [3.63, 3.8) is 0 Å². The molecule has 1 atom stereocenters. The Morgan fingerprint density at radius 1 is 1.15 bits per heavy atom. The molecule has 98 valence electrons. The van der Waals surface area contributed by atoms with Crippen molar-refractivity contribution >= 4 is 26.9 Å². The summed E-state index contributed by atoms with van der Waals surface area (Å²) in [5.41, 5.74) is 8.56. The molecule has 3 aromatic rings. The number of rotatable bonds is 2. The van der Waals surface area contributed by atoms with E-state index in [0.717, 1.165) is 21.0 Å². The molecular weight excluding hydrogens is 316 g/mol. The number of para-hydroxylation sites is 1. The molecular formula is C16H11BrN2O. The van der Waals surface area contributed by atoms with Crippen LogP contribution in [0.5, 0.6) is 0 Å². The number of benzene rings is 2. The van der Waals surface area contributed by atoms with Crippen LogP contribution in [-0.2, 0) is 0 Å². The minimum absolute atomic E-state index is 0.345. The Balaban J connectivity index is 2.01. The van der Waals surface area contributed by atoms with Crippen molar-refractivity contribution in [3.8, 4) is 6.07 Å². The van der Waals surface area contributed by atoms with Gasteiger partial charge in [-0.05, 0) is 45.8 Å². The Kier molecular flexibility index (Phi) is 3.31. The van der Waals surface area contributed by atoms with E-state index in [4.69, 9.17) is 15.4 Å². The number of halogens is 1.